The fourth-order valence-electron chi connectivity index (χ4n) is 2.21. The van der Waals surface area contributed by atoms with Crippen molar-refractivity contribution in [2.75, 3.05) is 32.8 Å². The molecular formula is C13H22N2O4. The number of carbonyl (C=O) groups is 2. The van der Waals surface area contributed by atoms with Crippen molar-refractivity contribution in [3.05, 3.63) is 12.7 Å². The van der Waals surface area contributed by atoms with Gasteiger partial charge in [-0.2, -0.15) is 0 Å². The van der Waals surface area contributed by atoms with Crippen molar-refractivity contribution in [2.45, 2.75) is 19.4 Å². The van der Waals surface area contributed by atoms with E-state index in [1.165, 1.54) is 0 Å². The van der Waals surface area contributed by atoms with Crippen LogP contribution in [0.4, 0.5) is 0 Å². The van der Waals surface area contributed by atoms with E-state index in [2.05, 4.69) is 11.9 Å². The Bertz CT molecular complexity index is 333. The zero-order valence-electron chi connectivity index (χ0n) is 11.3. The average Bonchev–Trinajstić information content (AvgIpc) is 2.85. The van der Waals surface area contributed by atoms with Crippen LogP contribution < -0.4 is 5.32 Å². The van der Waals surface area contributed by atoms with Gasteiger partial charge < -0.3 is 15.2 Å². The smallest absolute Gasteiger partial charge is 0.310 e. The van der Waals surface area contributed by atoms with Crippen molar-refractivity contribution in [1.82, 2.24) is 10.2 Å². The lowest BCUT2D eigenvalue weighted by Gasteiger charge is -2.29. The van der Waals surface area contributed by atoms with Gasteiger partial charge in [-0.1, -0.05) is 13.0 Å². The molecule has 0 bridgehead atoms. The minimum atomic E-state index is -0.866. The summed E-state index contributed by atoms with van der Waals surface area (Å²) in [6, 6.07) is -0.230. The van der Waals surface area contributed by atoms with E-state index >= 15 is 0 Å². The van der Waals surface area contributed by atoms with Gasteiger partial charge in [0.1, 0.15) is 0 Å². The Kier molecular flexibility index (Phi) is 6.52. The van der Waals surface area contributed by atoms with Gasteiger partial charge in [-0.25, -0.2) is 0 Å². The highest BCUT2D eigenvalue weighted by molar-refractivity contribution is 5.78. The summed E-state index contributed by atoms with van der Waals surface area (Å²) in [6.45, 7) is 7.41. The Balaban J connectivity index is 2.62. The van der Waals surface area contributed by atoms with E-state index in [1.807, 2.05) is 11.8 Å². The Morgan fingerprint density at radius 1 is 1.53 bits per heavy atom. The van der Waals surface area contributed by atoms with Crippen LogP contribution in [0.3, 0.4) is 0 Å². The highest BCUT2D eigenvalue weighted by Crippen LogP contribution is 2.20. The van der Waals surface area contributed by atoms with Crippen molar-refractivity contribution in [1.29, 1.82) is 0 Å². The van der Waals surface area contributed by atoms with E-state index in [0.717, 1.165) is 6.42 Å². The SMILES string of the molecule is C=CCNC(=O)CN(CCC)C1COCC1C(=O)O. The van der Waals surface area contributed by atoms with Crippen LogP contribution in [0.2, 0.25) is 0 Å². The second-order valence-corrected chi connectivity index (χ2v) is 4.61. The minimum absolute atomic E-state index is 0.121. The third kappa shape index (κ3) is 4.65. The summed E-state index contributed by atoms with van der Waals surface area (Å²) in [7, 11) is 0. The first kappa shape index (κ1) is 15.7. The molecule has 0 aliphatic carbocycles. The highest BCUT2D eigenvalue weighted by Gasteiger charge is 2.38. The van der Waals surface area contributed by atoms with Crippen molar-refractivity contribution in [2.24, 2.45) is 5.92 Å². The van der Waals surface area contributed by atoms with Crippen molar-refractivity contribution < 1.29 is 19.4 Å². The molecule has 1 amide bonds. The Morgan fingerprint density at radius 3 is 2.84 bits per heavy atom. The molecule has 1 fully saturated rings. The fourth-order valence-corrected chi connectivity index (χ4v) is 2.21. The second kappa shape index (κ2) is 7.91. The first-order chi connectivity index (χ1) is 9.10. The lowest BCUT2D eigenvalue weighted by atomic mass is 10.0. The van der Waals surface area contributed by atoms with Gasteiger partial charge in [-0.3, -0.25) is 14.5 Å². The van der Waals surface area contributed by atoms with Crippen LogP contribution >= 0.6 is 0 Å². The molecule has 0 aromatic heterocycles. The molecule has 0 aromatic rings. The maximum Gasteiger partial charge on any atom is 0.310 e. The number of hydrogen-bond donors (Lipinski definition) is 2. The fraction of sp³-hybridized carbons (Fsp3) is 0.692. The molecule has 108 valence electrons. The van der Waals surface area contributed by atoms with Gasteiger partial charge in [-0.15, -0.1) is 6.58 Å². The number of aliphatic carboxylic acids is 1. The summed E-state index contributed by atoms with van der Waals surface area (Å²) in [6.07, 6.45) is 2.47. The summed E-state index contributed by atoms with van der Waals surface area (Å²) < 4.78 is 5.25. The number of rotatable bonds is 8. The number of amides is 1. The molecule has 0 aromatic carbocycles. The van der Waals surface area contributed by atoms with E-state index < -0.39 is 11.9 Å². The van der Waals surface area contributed by atoms with Gasteiger partial charge in [-0.05, 0) is 13.0 Å². The number of nitrogens with zero attached hydrogens (tertiary/aromatic N) is 1. The lowest BCUT2D eigenvalue weighted by Crippen LogP contribution is -2.48. The van der Waals surface area contributed by atoms with Crippen LogP contribution in [0.25, 0.3) is 0 Å². The molecule has 6 nitrogen and oxygen atoms in total. The number of carboxylic acids is 1. The Labute approximate surface area is 113 Å². The summed E-state index contributed by atoms with van der Waals surface area (Å²) in [5.41, 5.74) is 0. The first-order valence-corrected chi connectivity index (χ1v) is 6.52. The Hall–Kier alpha value is -1.40. The van der Waals surface area contributed by atoms with Crippen LogP contribution in [0.1, 0.15) is 13.3 Å². The number of carboxylic acid groups (broad SMARTS) is 1. The van der Waals surface area contributed by atoms with Gasteiger partial charge in [0, 0.05) is 12.6 Å². The molecule has 2 N–H and O–H groups in total. The molecule has 2 atom stereocenters. The molecule has 1 aliphatic heterocycles. The number of carbonyl (C=O) groups excluding carboxylic acids is 1. The van der Waals surface area contributed by atoms with Crippen LogP contribution in [0.5, 0.6) is 0 Å². The molecule has 19 heavy (non-hydrogen) atoms. The van der Waals surface area contributed by atoms with Gasteiger partial charge in [0.25, 0.3) is 0 Å². The third-order valence-electron chi connectivity index (χ3n) is 3.14. The number of nitrogens with one attached hydrogen (secondary N) is 1. The van der Waals surface area contributed by atoms with Crippen LogP contribution in [0.15, 0.2) is 12.7 Å². The first-order valence-electron chi connectivity index (χ1n) is 6.52. The monoisotopic (exact) mass is 270 g/mol. The van der Waals surface area contributed by atoms with Gasteiger partial charge in [0.05, 0.1) is 25.7 Å². The number of ether oxygens (including phenoxy) is 1. The van der Waals surface area contributed by atoms with Crippen LogP contribution in [-0.2, 0) is 14.3 Å². The van der Waals surface area contributed by atoms with Crippen LogP contribution in [0, 0.1) is 5.92 Å². The molecule has 1 aliphatic rings. The molecule has 0 radical (unpaired) electrons. The summed E-state index contributed by atoms with van der Waals surface area (Å²) >= 11 is 0. The molecule has 1 rings (SSSR count). The predicted molar refractivity (Wildman–Crippen MR) is 70.8 cm³/mol. The minimum Gasteiger partial charge on any atom is -0.481 e. The topological polar surface area (TPSA) is 78.9 Å². The van der Waals surface area contributed by atoms with Crippen molar-refractivity contribution >= 4 is 11.9 Å². The maximum atomic E-state index is 11.7. The highest BCUT2D eigenvalue weighted by atomic mass is 16.5. The average molecular weight is 270 g/mol. The van der Waals surface area contributed by atoms with E-state index in [1.54, 1.807) is 6.08 Å². The van der Waals surface area contributed by atoms with Gasteiger partial charge in [0.15, 0.2) is 0 Å². The molecule has 0 spiro atoms. The van der Waals surface area contributed by atoms with Crippen molar-refractivity contribution in [3.8, 4) is 0 Å². The molecular weight excluding hydrogens is 248 g/mol. The zero-order valence-corrected chi connectivity index (χ0v) is 11.3. The molecule has 1 saturated heterocycles. The largest absolute Gasteiger partial charge is 0.481 e. The normalized spacial score (nSPS) is 22.4. The third-order valence-corrected chi connectivity index (χ3v) is 3.14. The van der Waals surface area contributed by atoms with E-state index in [4.69, 9.17) is 9.84 Å². The molecule has 0 saturated carbocycles. The summed E-state index contributed by atoms with van der Waals surface area (Å²) in [5.74, 6) is -1.54. The van der Waals surface area contributed by atoms with E-state index in [9.17, 15) is 9.59 Å². The van der Waals surface area contributed by atoms with E-state index in [0.29, 0.717) is 19.7 Å². The molecule has 6 heteroatoms. The summed E-state index contributed by atoms with van der Waals surface area (Å²) in [5, 5.41) is 11.9. The zero-order chi connectivity index (χ0) is 14.3. The number of hydrogen-bond acceptors (Lipinski definition) is 4. The Morgan fingerprint density at radius 2 is 2.26 bits per heavy atom. The quantitative estimate of drug-likeness (QED) is 0.612. The van der Waals surface area contributed by atoms with Crippen molar-refractivity contribution in [3.63, 3.8) is 0 Å². The molecule has 1 heterocycles. The van der Waals surface area contributed by atoms with Gasteiger partial charge >= 0.3 is 5.97 Å². The van der Waals surface area contributed by atoms with Crippen LogP contribution in [-0.4, -0.2) is 60.8 Å². The lowest BCUT2D eigenvalue weighted by molar-refractivity contribution is -0.143. The standard InChI is InChI=1S/C13H22N2O4/c1-3-5-14-12(16)7-15(6-4-2)11-9-19-8-10(11)13(17)18/h3,10-11H,1,4-9H2,2H3,(H,14,16)(H,17,18). The predicted octanol–water partition coefficient (Wildman–Crippen LogP) is 0.100. The van der Waals surface area contributed by atoms with E-state index in [-0.39, 0.29) is 25.1 Å². The summed E-state index contributed by atoms with van der Waals surface area (Å²) in [4.78, 5) is 24.8. The molecule has 2 unspecified atom stereocenters. The maximum absolute atomic E-state index is 11.7. The second-order valence-electron chi connectivity index (χ2n) is 4.61. The van der Waals surface area contributed by atoms with Gasteiger partial charge in [0.2, 0.25) is 5.91 Å².